The number of rotatable bonds is 8. The topological polar surface area (TPSA) is 115 Å². The van der Waals surface area contributed by atoms with Gasteiger partial charge in [0.05, 0.1) is 23.0 Å². The number of aliphatic hydroxyl groups excluding tert-OH is 1. The molecule has 39 heavy (non-hydrogen) atoms. The van der Waals surface area contributed by atoms with Crippen LogP contribution in [0.5, 0.6) is 5.75 Å². The van der Waals surface area contributed by atoms with Crippen LogP contribution in [0.3, 0.4) is 0 Å². The van der Waals surface area contributed by atoms with Gasteiger partial charge in [0, 0.05) is 16.3 Å². The summed E-state index contributed by atoms with van der Waals surface area (Å²) in [5.74, 6) is -0.629. The van der Waals surface area contributed by atoms with E-state index in [4.69, 9.17) is 11.6 Å². The van der Waals surface area contributed by atoms with Gasteiger partial charge in [-0.15, -0.1) is 0 Å². The standard InChI is InChI=1S/C30H26ClNO6S/c31-22-8-4-7-21(16-22)27(33)15-14-26-29(32(30(26)35)23-9-2-1-3-10-23)25-13-12-20(18-28(25)34)19-6-5-11-24(17-19)39(36,37)38/h1-13,16-18,26-27,29,33-34H,14-15H2,(H,36,37,38)/t26-,27+,29-/m1/s1. The number of hydrogen-bond donors (Lipinski definition) is 3. The molecule has 1 aliphatic rings. The van der Waals surface area contributed by atoms with Gasteiger partial charge in [0.15, 0.2) is 0 Å². The molecule has 0 spiro atoms. The monoisotopic (exact) mass is 563 g/mol. The molecule has 0 aromatic heterocycles. The number of carbonyl (C=O) groups is 1. The second kappa shape index (κ2) is 10.8. The number of β-lactam (4-membered cyclic amide) rings is 1. The molecule has 7 nitrogen and oxygen atoms in total. The zero-order chi connectivity index (χ0) is 27.7. The molecular weight excluding hydrogens is 538 g/mol. The number of anilines is 1. The Balaban J connectivity index is 1.45. The minimum atomic E-state index is -4.38. The number of phenols is 1. The smallest absolute Gasteiger partial charge is 0.294 e. The molecule has 0 unspecified atom stereocenters. The molecule has 1 fully saturated rings. The van der Waals surface area contributed by atoms with Gasteiger partial charge in [0.1, 0.15) is 5.75 Å². The highest BCUT2D eigenvalue weighted by molar-refractivity contribution is 7.85. The average Bonchev–Trinajstić information content (AvgIpc) is 2.92. The summed E-state index contributed by atoms with van der Waals surface area (Å²) in [5, 5.41) is 22.4. The zero-order valence-electron chi connectivity index (χ0n) is 20.7. The molecule has 9 heteroatoms. The van der Waals surface area contributed by atoms with Crippen LogP contribution >= 0.6 is 11.6 Å². The van der Waals surface area contributed by atoms with Gasteiger partial charge in [0.25, 0.3) is 10.1 Å². The Hall–Kier alpha value is -3.69. The molecule has 5 rings (SSSR count). The van der Waals surface area contributed by atoms with E-state index in [0.29, 0.717) is 45.8 Å². The fraction of sp³-hybridized carbons (Fsp3) is 0.167. The molecule has 1 heterocycles. The van der Waals surface area contributed by atoms with E-state index in [-0.39, 0.29) is 16.6 Å². The molecule has 0 saturated carbocycles. The summed E-state index contributed by atoms with van der Waals surface area (Å²) in [6, 6.07) is 26.5. The summed E-state index contributed by atoms with van der Waals surface area (Å²) in [6.07, 6.45) is -0.0797. The first kappa shape index (κ1) is 26.9. The number of carbonyl (C=O) groups excluding carboxylic acids is 1. The van der Waals surface area contributed by atoms with Crippen LogP contribution in [0, 0.1) is 5.92 Å². The van der Waals surface area contributed by atoms with Gasteiger partial charge in [-0.25, -0.2) is 0 Å². The predicted molar refractivity (Wildman–Crippen MR) is 149 cm³/mol. The Kier molecular flexibility index (Phi) is 7.46. The van der Waals surface area contributed by atoms with Crippen LogP contribution in [0.15, 0.2) is 102 Å². The van der Waals surface area contributed by atoms with E-state index in [1.165, 1.54) is 24.3 Å². The molecule has 3 atom stereocenters. The largest absolute Gasteiger partial charge is 0.508 e. The summed E-state index contributed by atoms with van der Waals surface area (Å²) < 4.78 is 32.5. The van der Waals surface area contributed by atoms with Gasteiger partial charge >= 0.3 is 0 Å². The van der Waals surface area contributed by atoms with Crippen molar-refractivity contribution < 1.29 is 28.0 Å². The normalized spacial score (nSPS) is 18.0. The van der Waals surface area contributed by atoms with Crippen molar-refractivity contribution in [1.29, 1.82) is 0 Å². The van der Waals surface area contributed by atoms with Crippen LogP contribution in [0.2, 0.25) is 5.02 Å². The zero-order valence-corrected chi connectivity index (χ0v) is 22.3. The maximum absolute atomic E-state index is 13.3. The number of halogens is 1. The quantitative estimate of drug-likeness (QED) is 0.174. The molecule has 4 aromatic carbocycles. The second-order valence-electron chi connectivity index (χ2n) is 9.52. The summed E-state index contributed by atoms with van der Waals surface area (Å²) in [7, 11) is -4.38. The maximum Gasteiger partial charge on any atom is 0.294 e. The van der Waals surface area contributed by atoms with E-state index in [1.807, 2.05) is 30.3 Å². The van der Waals surface area contributed by atoms with Crippen LogP contribution in [0.25, 0.3) is 11.1 Å². The number of amides is 1. The Morgan fingerprint density at radius 1 is 0.872 bits per heavy atom. The fourth-order valence-electron chi connectivity index (χ4n) is 5.09. The van der Waals surface area contributed by atoms with E-state index in [9.17, 15) is 28.0 Å². The molecule has 1 saturated heterocycles. The van der Waals surface area contributed by atoms with Crippen LogP contribution in [-0.2, 0) is 14.9 Å². The Morgan fingerprint density at radius 3 is 2.28 bits per heavy atom. The molecule has 1 aliphatic heterocycles. The van der Waals surface area contributed by atoms with E-state index in [0.717, 1.165) is 0 Å². The summed E-state index contributed by atoms with van der Waals surface area (Å²) in [6.45, 7) is 0. The Labute approximate surface area is 231 Å². The Morgan fingerprint density at radius 2 is 1.59 bits per heavy atom. The van der Waals surface area contributed by atoms with Crippen molar-refractivity contribution in [3.8, 4) is 16.9 Å². The van der Waals surface area contributed by atoms with Gasteiger partial charge in [-0.3, -0.25) is 9.35 Å². The van der Waals surface area contributed by atoms with Gasteiger partial charge in [-0.05, 0) is 72.0 Å². The lowest BCUT2D eigenvalue weighted by molar-refractivity contribution is -0.131. The van der Waals surface area contributed by atoms with Gasteiger partial charge < -0.3 is 15.1 Å². The van der Waals surface area contributed by atoms with Crippen LogP contribution in [0.1, 0.15) is 36.1 Å². The van der Waals surface area contributed by atoms with E-state index >= 15 is 0 Å². The third-order valence-corrected chi connectivity index (χ3v) is 8.13. The minimum absolute atomic E-state index is 0.0522. The lowest BCUT2D eigenvalue weighted by Gasteiger charge is -2.48. The van der Waals surface area contributed by atoms with Crippen LogP contribution < -0.4 is 4.90 Å². The van der Waals surface area contributed by atoms with Crippen molar-refractivity contribution >= 4 is 33.3 Å². The van der Waals surface area contributed by atoms with Crippen LogP contribution in [-0.4, -0.2) is 29.1 Å². The number of para-hydroxylation sites is 1. The maximum atomic E-state index is 13.3. The minimum Gasteiger partial charge on any atom is -0.508 e. The van der Waals surface area contributed by atoms with Crippen molar-refractivity contribution in [2.24, 2.45) is 5.92 Å². The second-order valence-corrected chi connectivity index (χ2v) is 11.4. The molecule has 3 N–H and O–H groups in total. The highest BCUT2D eigenvalue weighted by atomic mass is 35.5. The van der Waals surface area contributed by atoms with Crippen molar-refractivity contribution in [2.45, 2.75) is 29.9 Å². The molecule has 0 aliphatic carbocycles. The third-order valence-electron chi connectivity index (χ3n) is 7.05. The van der Waals surface area contributed by atoms with Crippen molar-refractivity contribution in [1.82, 2.24) is 0 Å². The fourth-order valence-corrected chi connectivity index (χ4v) is 5.81. The number of aromatic hydroxyl groups is 1. The van der Waals surface area contributed by atoms with Gasteiger partial charge in [-0.1, -0.05) is 66.2 Å². The number of nitrogens with zero attached hydrogens (tertiary/aromatic N) is 1. The summed E-state index contributed by atoms with van der Waals surface area (Å²) in [5.41, 5.74) is 2.95. The van der Waals surface area contributed by atoms with E-state index in [1.54, 1.807) is 47.4 Å². The highest BCUT2D eigenvalue weighted by Crippen LogP contribution is 2.49. The summed E-state index contributed by atoms with van der Waals surface area (Å²) >= 11 is 6.07. The average molecular weight is 564 g/mol. The number of benzene rings is 4. The molecular formula is C30H26ClNO6S. The molecule has 1 amide bonds. The lowest BCUT2D eigenvalue weighted by atomic mass is 9.77. The lowest BCUT2D eigenvalue weighted by Crippen LogP contribution is -2.55. The molecule has 0 radical (unpaired) electrons. The number of phenolic OH excluding ortho intramolecular Hbond substituents is 1. The van der Waals surface area contributed by atoms with Crippen molar-refractivity contribution in [3.63, 3.8) is 0 Å². The first-order valence-electron chi connectivity index (χ1n) is 12.4. The molecule has 4 aromatic rings. The number of hydrogen-bond acceptors (Lipinski definition) is 5. The van der Waals surface area contributed by atoms with E-state index in [2.05, 4.69) is 0 Å². The first-order chi connectivity index (χ1) is 18.6. The Bertz CT molecular complexity index is 1630. The van der Waals surface area contributed by atoms with Gasteiger partial charge in [-0.2, -0.15) is 8.42 Å². The highest BCUT2D eigenvalue weighted by Gasteiger charge is 2.49. The third kappa shape index (κ3) is 5.55. The summed E-state index contributed by atoms with van der Waals surface area (Å²) in [4.78, 5) is 14.7. The predicted octanol–water partition coefficient (Wildman–Crippen LogP) is 6.18. The van der Waals surface area contributed by atoms with Crippen molar-refractivity contribution in [3.05, 3.63) is 113 Å². The van der Waals surface area contributed by atoms with Gasteiger partial charge in [0.2, 0.25) is 5.91 Å². The van der Waals surface area contributed by atoms with Crippen LogP contribution in [0.4, 0.5) is 5.69 Å². The first-order valence-corrected chi connectivity index (χ1v) is 14.2. The SMILES string of the molecule is O=C1[C@H](CC[C@H](O)c2cccc(Cl)c2)[C@@H](c2ccc(-c3cccc(S(=O)(=O)O)c3)cc2O)N1c1ccccc1. The van der Waals surface area contributed by atoms with Crippen molar-refractivity contribution in [2.75, 3.05) is 4.90 Å². The molecule has 0 bridgehead atoms. The number of aliphatic hydroxyl groups is 1. The molecule has 200 valence electrons. The van der Waals surface area contributed by atoms with E-state index < -0.39 is 28.2 Å².